The first-order valence-electron chi connectivity index (χ1n) is 7.02. The average molecular weight is 294 g/mol. The first kappa shape index (κ1) is 17.1. The second kappa shape index (κ2) is 9.88. The number of hydrogen-bond acceptors (Lipinski definition) is 4. The molecule has 0 aliphatic rings. The van der Waals surface area contributed by atoms with Gasteiger partial charge in [-0.05, 0) is 25.0 Å². The van der Waals surface area contributed by atoms with E-state index >= 15 is 0 Å². The van der Waals surface area contributed by atoms with Gasteiger partial charge in [0.25, 0.3) is 0 Å². The topological polar surface area (TPSA) is 79.7 Å². The molecule has 1 N–H and O–H groups in total. The lowest BCUT2D eigenvalue weighted by molar-refractivity contribution is -0.137. The van der Waals surface area contributed by atoms with E-state index in [0.29, 0.717) is 39.0 Å². The van der Waals surface area contributed by atoms with E-state index in [1.807, 2.05) is 18.2 Å². The number of ether oxygens (including phenoxy) is 1. The summed E-state index contributed by atoms with van der Waals surface area (Å²) in [6.45, 7) is 1.42. The molecule has 6 nitrogen and oxygen atoms in total. The van der Waals surface area contributed by atoms with Crippen LogP contribution in [-0.2, 0) is 20.9 Å². The van der Waals surface area contributed by atoms with Crippen molar-refractivity contribution in [2.45, 2.75) is 32.2 Å². The summed E-state index contributed by atoms with van der Waals surface area (Å²) < 4.78 is 5.03. The Bertz CT molecular complexity index is 437. The summed E-state index contributed by atoms with van der Waals surface area (Å²) in [6, 6.07) is 5.59. The Morgan fingerprint density at radius 3 is 2.67 bits per heavy atom. The second-order valence-corrected chi connectivity index (χ2v) is 4.73. The van der Waals surface area contributed by atoms with Gasteiger partial charge in [-0.15, -0.1) is 0 Å². The van der Waals surface area contributed by atoms with Crippen LogP contribution < -0.4 is 0 Å². The quantitative estimate of drug-likeness (QED) is 0.664. The summed E-state index contributed by atoms with van der Waals surface area (Å²) in [6.07, 6.45) is 3.25. The predicted octanol–water partition coefficient (Wildman–Crippen LogP) is 1.70. The Labute approximate surface area is 124 Å². The standard InChI is InChI=1S/C15H22N2O4/c1-21-11-10-17(12-13-6-4-5-9-16-13)14(18)7-2-3-8-15(19)20/h4-6,9H,2-3,7-8,10-12H2,1H3,(H,19,20). The molecule has 0 unspecified atom stereocenters. The fraction of sp³-hybridized carbons (Fsp3) is 0.533. The van der Waals surface area contributed by atoms with Gasteiger partial charge in [-0.2, -0.15) is 0 Å². The lowest BCUT2D eigenvalue weighted by Gasteiger charge is -2.22. The van der Waals surface area contributed by atoms with Crippen molar-refractivity contribution in [3.8, 4) is 0 Å². The number of carbonyl (C=O) groups is 2. The first-order valence-corrected chi connectivity index (χ1v) is 7.02. The molecule has 1 aromatic rings. The van der Waals surface area contributed by atoms with Gasteiger partial charge in [0.15, 0.2) is 0 Å². The molecule has 0 saturated heterocycles. The molecule has 1 rings (SSSR count). The van der Waals surface area contributed by atoms with Crippen LogP contribution >= 0.6 is 0 Å². The number of nitrogens with zero attached hydrogens (tertiary/aromatic N) is 2. The maximum absolute atomic E-state index is 12.2. The number of aliphatic carboxylic acids is 1. The molecule has 0 fully saturated rings. The van der Waals surface area contributed by atoms with Crippen LogP contribution in [0.1, 0.15) is 31.4 Å². The highest BCUT2D eigenvalue weighted by Gasteiger charge is 2.14. The van der Waals surface area contributed by atoms with Gasteiger partial charge < -0.3 is 14.7 Å². The van der Waals surface area contributed by atoms with E-state index in [1.54, 1.807) is 18.2 Å². The molecule has 21 heavy (non-hydrogen) atoms. The minimum Gasteiger partial charge on any atom is -0.481 e. The second-order valence-electron chi connectivity index (χ2n) is 4.73. The van der Waals surface area contributed by atoms with Crippen molar-refractivity contribution < 1.29 is 19.4 Å². The monoisotopic (exact) mass is 294 g/mol. The molecule has 1 heterocycles. The predicted molar refractivity (Wildman–Crippen MR) is 77.6 cm³/mol. The molecule has 0 aromatic carbocycles. The van der Waals surface area contributed by atoms with Crippen LogP contribution in [0.15, 0.2) is 24.4 Å². The summed E-state index contributed by atoms with van der Waals surface area (Å²) >= 11 is 0. The summed E-state index contributed by atoms with van der Waals surface area (Å²) in [5.41, 5.74) is 0.826. The van der Waals surface area contributed by atoms with Gasteiger partial charge in [0.2, 0.25) is 5.91 Å². The van der Waals surface area contributed by atoms with Gasteiger partial charge in [0.05, 0.1) is 18.8 Å². The molecule has 0 aliphatic heterocycles. The van der Waals surface area contributed by atoms with Gasteiger partial charge in [0.1, 0.15) is 0 Å². The van der Waals surface area contributed by atoms with E-state index in [9.17, 15) is 9.59 Å². The van der Waals surface area contributed by atoms with Crippen LogP contribution in [-0.4, -0.2) is 47.1 Å². The number of unbranched alkanes of at least 4 members (excludes halogenated alkanes) is 1. The molecule has 0 saturated carbocycles. The molecule has 0 bridgehead atoms. The number of aromatic nitrogens is 1. The lowest BCUT2D eigenvalue weighted by Crippen LogP contribution is -2.33. The Morgan fingerprint density at radius 2 is 2.05 bits per heavy atom. The van der Waals surface area contributed by atoms with Gasteiger partial charge >= 0.3 is 5.97 Å². The lowest BCUT2D eigenvalue weighted by atomic mass is 10.1. The molecular formula is C15H22N2O4. The number of carbonyl (C=O) groups excluding carboxylic acids is 1. The third kappa shape index (κ3) is 7.41. The molecule has 0 atom stereocenters. The van der Waals surface area contributed by atoms with E-state index in [2.05, 4.69) is 4.98 Å². The fourth-order valence-corrected chi connectivity index (χ4v) is 1.89. The highest BCUT2D eigenvalue weighted by Crippen LogP contribution is 2.07. The summed E-state index contributed by atoms with van der Waals surface area (Å²) in [5, 5.41) is 8.58. The zero-order valence-corrected chi connectivity index (χ0v) is 12.3. The van der Waals surface area contributed by atoms with Gasteiger partial charge in [-0.3, -0.25) is 14.6 Å². The van der Waals surface area contributed by atoms with Crippen LogP contribution in [0.2, 0.25) is 0 Å². The largest absolute Gasteiger partial charge is 0.481 e. The molecule has 0 spiro atoms. The highest BCUT2D eigenvalue weighted by molar-refractivity contribution is 5.76. The van der Waals surface area contributed by atoms with Crippen LogP contribution in [0.4, 0.5) is 0 Å². The molecule has 116 valence electrons. The molecule has 1 aromatic heterocycles. The van der Waals surface area contributed by atoms with Crippen molar-refractivity contribution in [3.63, 3.8) is 0 Å². The van der Waals surface area contributed by atoms with Crippen LogP contribution in [0.5, 0.6) is 0 Å². The van der Waals surface area contributed by atoms with E-state index in [4.69, 9.17) is 9.84 Å². The minimum atomic E-state index is -0.827. The van der Waals surface area contributed by atoms with Crippen molar-refractivity contribution in [3.05, 3.63) is 30.1 Å². The Balaban J connectivity index is 2.47. The molecule has 1 amide bonds. The van der Waals surface area contributed by atoms with Crippen LogP contribution in [0, 0.1) is 0 Å². The normalized spacial score (nSPS) is 10.3. The number of methoxy groups -OCH3 is 1. The first-order chi connectivity index (χ1) is 10.1. The Kier molecular flexibility index (Phi) is 8.04. The smallest absolute Gasteiger partial charge is 0.303 e. The zero-order valence-electron chi connectivity index (χ0n) is 12.3. The Morgan fingerprint density at radius 1 is 1.29 bits per heavy atom. The minimum absolute atomic E-state index is 0.00286. The summed E-state index contributed by atoms with van der Waals surface area (Å²) in [7, 11) is 1.59. The summed E-state index contributed by atoms with van der Waals surface area (Å²) in [4.78, 5) is 28.6. The number of amides is 1. The fourth-order valence-electron chi connectivity index (χ4n) is 1.89. The summed E-state index contributed by atoms with van der Waals surface area (Å²) in [5.74, 6) is -0.824. The van der Waals surface area contributed by atoms with Crippen molar-refractivity contribution in [1.82, 2.24) is 9.88 Å². The van der Waals surface area contributed by atoms with E-state index in [0.717, 1.165) is 5.69 Å². The van der Waals surface area contributed by atoms with E-state index in [1.165, 1.54) is 0 Å². The maximum atomic E-state index is 12.2. The van der Waals surface area contributed by atoms with Crippen molar-refractivity contribution in [2.24, 2.45) is 0 Å². The average Bonchev–Trinajstić information content (AvgIpc) is 2.48. The van der Waals surface area contributed by atoms with Gasteiger partial charge in [-0.1, -0.05) is 6.07 Å². The molecule has 0 radical (unpaired) electrons. The third-order valence-electron chi connectivity index (χ3n) is 3.03. The number of carboxylic acids is 1. The van der Waals surface area contributed by atoms with Gasteiger partial charge in [0, 0.05) is 32.7 Å². The number of rotatable bonds is 10. The number of hydrogen-bond donors (Lipinski definition) is 1. The number of pyridine rings is 1. The van der Waals surface area contributed by atoms with Crippen LogP contribution in [0.25, 0.3) is 0 Å². The van der Waals surface area contributed by atoms with Crippen molar-refractivity contribution >= 4 is 11.9 Å². The third-order valence-corrected chi connectivity index (χ3v) is 3.03. The SMILES string of the molecule is COCCN(Cc1ccccn1)C(=O)CCCCC(=O)O. The van der Waals surface area contributed by atoms with E-state index < -0.39 is 5.97 Å². The molecular weight excluding hydrogens is 272 g/mol. The van der Waals surface area contributed by atoms with Crippen molar-refractivity contribution in [2.75, 3.05) is 20.3 Å². The van der Waals surface area contributed by atoms with Gasteiger partial charge in [-0.25, -0.2) is 0 Å². The van der Waals surface area contributed by atoms with Crippen LogP contribution in [0.3, 0.4) is 0 Å². The Hall–Kier alpha value is -1.95. The highest BCUT2D eigenvalue weighted by atomic mass is 16.5. The molecule has 6 heteroatoms. The van der Waals surface area contributed by atoms with Crippen molar-refractivity contribution in [1.29, 1.82) is 0 Å². The number of carboxylic acid groups (broad SMARTS) is 1. The zero-order chi connectivity index (χ0) is 15.5. The van der Waals surface area contributed by atoms with E-state index in [-0.39, 0.29) is 12.3 Å². The maximum Gasteiger partial charge on any atom is 0.303 e. The molecule has 0 aliphatic carbocycles.